The van der Waals surface area contributed by atoms with E-state index < -0.39 is 0 Å². The third-order valence-corrected chi connectivity index (χ3v) is 6.63. The second-order valence-corrected chi connectivity index (χ2v) is 8.74. The average molecular weight is 446 g/mol. The number of carbonyl (C=O) groups is 2. The van der Waals surface area contributed by atoms with Crippen LogP contribution < -0.4 is 15.4 Å². The second kappa shape index (κ2) is 10.1. The van der Waals surface area contributed by atoms with Gasteiger partial charge in [0.05, 0.1) is 13.2 Å². The number of piperidine rings is 1. The van der Waals surface area contributed by atoms with E-state index in [9.17, 15) is 9.59 Å². The van der Waals surface area contributed by atoms with Crippen molar-refractivity contribution in [3.05, 3.63) is 34.3 Å². The molecule has 3 amide bonds. The smallest absolute Gasteiger partial charge is 0.317 e. The number of urea groups is 1. The summed E-state index contributed by atoms with van der Waals surface area (Å²) in [5.74, 6) is 0.510. The van der Waals surface area contributed by atoms with Crippen molar-refractivity contribution < 1.29 is 19.1 Å². The lowest BCUT2D eigenvalue weighted by Gasteiger charge is -2.31. The molecular formula is C21H27N5O4S. The molecule has 166 valence electrons. The maximum atomic E-state index is 12.5. The Balaban J connectivity index is 1.31. The molecule has 9 nitrogen and oxygen atoms in total. The molecule has 1 aromatic carbocycles. The number of methoxy groups -OCH3 is 1. The summed E-state index contributed by atoms with van der Waals surface area (Å²) in [5, 5.41) is 15.2. The summed E-state index contributed by atoms with van der Waals surface area (Å²) in [6, 6.07) is 7.03. The molecule has 2 atom stereocenters. The van der Waals surface area contributed by atoms with E-state index in [1.54, 1.807) is 31.4 Å². The second-order valence-electron chi connectivity index (χ2n) is 7.73. The van der Waals surface area contributed by atoms with Crippen molar-refractivity contribution in [2.75, 3.05) is 38.7 Å². The van der Waals surface area contributed by atoms with Crippen LogP contribution in [0.1, 0.15) is 46.4 Å². The molecule has 0 radical (unpaired) electrons. The van der Waals surface area contributed by atoms with Crippen molar-refractivity contribution in [1.82, 2.24) is 20.4 Å². The minimum absolute atomic E-state index is 0.0674. The Morgan fingerprint density at radius 1 is 1.23 bits per heavy atom. The van der Waals surface area contributed by atoms with Crippen LogP contribution in [-0.4, -0.2) is 66.5 Å². The maximum absolute atomic E-state index is 12.5. The van der Waals surface area contributed by atoms with Gasteiger partial charge in [0, 0.05) is 37.8 Å². The lowest BCUT2D eigenvalue weighted by atomic mass is 9.99. The maximum Gasteiger partial charge on any atom is 0.317 e. The Kier molecular flexibility index (Phi) is 6.98. The van der Waals surface area contributed by atoms with Gasteiger partial charge in [0.15, 0.2) is 0 Å². The van der Waals surface area contributed by atoms with Crippen LogP contribution in [0.3, 0.4) is 0 Å². The lowest BCUT2D eigenvalue weighted by molar-refractivity contribution is 0.102. The summed E-state index contributed by atoms with van der Waals surface area (Å²) >= 11 is 1.28. The first-order chi connectivity index (χ1) is 15.1. The molecular weight excluding hydrogens is 418 g/mol. The van der Waals surface area contributed by atoms with Crippen molar-refractivity contribution in [2.45, 2.75) is 37.7 Å². The molecule has 2 aliphatic rings. The number of carbonyl (C=O) groups excluding carboxylic acids is 2. The molecule has 2 aromatic rings. The summed E-state index contributed by atoms with van der Waals surface area (Å²) in [6.07, 6.45) is 3.99. The molecule has 31 heavy (non-hydrogen) atoms. The van der Waals surface area contributed by atoms with E-state index in [1.807, 2.05) is 4.90 Å². The van der Waals surface area contributed by atoms with Crippen molar-refractivity contribution in [3.8, 4) is 5.75 Å². The van der Waals surface area contributed by atoms with Crippen molar-refractivity contribution in [3.63, 3.8) is 0 Å². The Morgan fingerprint density at radius 2 is 2.06 bits per heavy atom. The van der Waals surface area contributed by atoms with Crippen LogP contribution in [-0.2, 0) is 4.74 Å². The molecule has 3 heterocycles. The fraction of sp³-hybridized carbons (Fsp3) is 0.524. The Morgan fingerprint density at radius 3 is 2.81 bits per heavy atom. The van der Waals surface area contributed by atoms with Gasteiger partial charge >= 0.3 is 6.03 Å². The van der Waals surface area contributed by atoms with Crippen LogP contribution in [0.5, 0.6) is 5.75 Å². The Hall–Kier alpha value is -2.72. The van der Waals surface area contributed by atoms with Gasteiger partial charge in [-0.1, -0.05) is 11.3 Å². The van der Waals surface area contributed by atoms with Crippen molar-refractivity contribution >= 4 is 29.0 Å². The highest BCUT2D eigenvalue weighted by molar-refractivity contribution is 7.13. The van der Waals surface area contributed by atoms with Crippen LogP contribution in [0.15, 0.2) is 24.3 Å². The van der Waals surface area contributed by atoms with Crippen LogP contribution >= 0.6 is 11.3 Å². The molecule has 0 aliphatic carbocycles. The minimum atomic E-state index is -0.295. The molecule has 2 N–H and O–H groups in total. The highest BCUT2D eigenvalue weighted by Gasteiger charge is 2.28. The van der Waals surface area contributed by atoms with Crippen LogP contribution in [0.4, 0.5) is 10.5 Å². The number of aromatic nitrogens is 2. The van der Waals surface area contributed by atoms with Gasteiger partial charge in [-0.2, -0.15) is 0 Å². The fourth-order valence-electron chi connectivity index (χ4n) is 3.83. The van der Waals surface area contributed by atoms with E-state index in [4.69, 9.17) is 9.47 Å². The van der Waals surface area contributed by atoms with Crippen LogP contribution in [0.25, 0.3) is 0 Å². The van der Waals surface area contributed by atoms with E-state index >= 15 is 0 Å². The summed E-state index contributed by atoms with van der Waals surface area (Å²) in [7, 11) is 1.59. The van der Waals surface area contributed by atoms with Gasteiger partial charge in [-0.05, 0) is 49.9 Å². The Labute approximate surface area is 185 Å². The lowest BCUT2D eigenvalue weighted by Crippen LogP contribution is -2.46. The number of hydrogen-bond acceptors (Lipinski definition) is 7. The molecule has 0 spiro atoms. The average Bonchev–Trinajstić information content (AvgIpc) is 3.50. The third kappa shape index (κ3) is 5.50. The zero-order valence-corrected chi connectivity index (χ0v) is 18.3. The van der Waals surface area contributed by atoms with Crippen LogP contribution in [0, 0.1) is 0 Å². The van der Waals surface area contributed by atoms with Crippen molar-refractivity contribution in [2.24, 2.45) is 0 Å². The molecule has 0 saturated carbocycles. The van der Waals surface area contributed by atoms with Gasteiger partial charge in [-0.15, -0.1) is 10.2 Å². The number of hydrogen-bond donors (Lipinski definition) is 2. The highest BCUT2D eigenvalue weighted by atomic mass is 32.1. The van der Waals surface area contributed by atoms with Gasteiger partial charge in [0.2, 0.25) is 5.01 Å². The molecule has 0 unspecified atom stereocenters. The van der Waals surface area contributed by atoms with E-state index in [0.717, 1.165) is 49.6 Å². The summed E-state index contributed by atoms with van der Waals surface area (Å²) in [5.41, 5.74) is 0.661. The number of benzene rings is 1. The van der Waals surface area contributed by atoms with E-state index in [0.29, 0.717) is 23.8 Å². The van der Waals surface area contributed by atoms with Gasteiger partial charge in [0.25, 0.3) is 5.91 Å². The summed E-state index contributed by atoms with van der Waals surface area (Å²) in [4.78, 5) is 26.9. The quantitative estimate of drug-likeness (QED) is 0.708. The first-order valence-electron chi connectivity index (χ1n) is 10.6. The first-order valence-corrected chi connectivity index (χ1v) is 11.4. The molecule has 0 bridgehead atoms. The number of likely N-dealkylation sites (tertiary alicyclic amines) is 1. The fourth-order valence-corrected chi connectivity index (χ4v) is 4.70. The highest BCUT2D eigenvalue weighted by Crippen LogP contribution is 2.29. The number of anilines is 1. The predicted molar refractivity (Wildman–Crippen MR) is 117 cm³/mol. The topological polar surface area (TPSA) is 106 Å². The first kappa shape index (κ1) is 21.5. The van der Waals surface area contributed by atoms with Crippen molar-refractivity contribution in [1.29, 1.82) is 0 Å². The number of rotatable bonds is 6. The monoisotopic (exact) mass is 445 g/mol. The summed E-state index contributed by atoms with van der Waals surface area (Å²) < 4.78 is 10.7. The van der Waals surface area contributed by atoms with Gasteiger partial charge in [-0.25, -0.2) is 4.79 Å². The van der Waals surface area contributed by atoms with Gasteiger partial charge in [-0.3, -0.25) is 4.79 Å². The summed E-state index contributed by atoms with van der Waals surface area (Å²) in [6.45, 7) is 2.62. The van der Waals surface area contributed by atoms with E-state index in [1.165, 1.54) is 11.3 Å². The van der Waals surface area contributed by atoms with E-state index in [2.05, 4.69) is 20.8 Å². The molecule has 4 rings (SSSR count). The van der Waals surface area contributed by atoms with Crippen LogP contribution in [0.2, 0.25) is 0 Å². The Bertz CT molecular complexity index is 897. The molecule has 10 heteroatoms. The standard InChI is InChI=1S/C21H27N5O4S/c1-29-16-8-6-15(7-9-16)23-18(27)20-25-24-19(31-20)14-4-2-10-26(13-14)21(28)22-12-17-5-3-11-30-17/h6-9,14,17H,2-5,10-13H2,1H3,(H,22,28)(H,23,27)/t14-,17+/m1/s1. The predicted octanol–water partition coefficient (Wildman–Crippen LogP) is 2.87. The van der Waals surface area contributed by atoms with Gasteiger partial charge < -0.3 is 25.0 Å². The molecule has 2 saturated heterocycles. The number of amides is 3. The SMILES string of the molecule is COc1ccc(NC(=O)c2nnc([C@@H]3CCCN(C(=O)NC[C@@H]4CCCO4)C3)s2)cc1. The molecule has 1 aromatic heterocycles. The third-order valence-electron chi connectivity index (χ3n) is 5.55. The molecule has 2 fully saturated rings. The van der Waals surface area contributed by atoms with E-state index in [-0.39, 0.29) is 24.0 Å². The normalized spacial score (nSPS) is 21.0. The zero-order valence-electron chi connectivity index (χ0n) is 17.5. The minimum Gasteiger partial charge on any atom is -0.497 e. The number of nitrogens with zero attached hydrogens (tertiary/aromatic N) is 3. The largest absolute Gasteiger partial charge is 0.497 e. The molecule has 2 aliphatic heterocycles. The number of nitrogens with one attached hydrogen (secondary N) is 2. The zero-order chi connectivity index (χ0) is 21.6. The van der Waals surface area contributed by atoms with Gasteiger partial charge in [0.1, 0.15) is 10.8 Å². The number of ether oxygens (including phenoxy) is 2.